The molecule has 0 fully saturated rings. The quantitative estimate of drug-likeness (QED) is 0.356. The number of hydrogen-bond donors (Lipinski definition) is 2. The van der Waals surface area contributed by atoms with Crippen LogP contribution >= 0.6 is 12.8 Å². The summed E-state index contributed by atoms with van der Waals surface area (Å²) in [7, 11) is 0. The van der Waals surface area contributed by atoms with Gasteiger partial charge in [0.15, 0.2) is 6.61 Å². The van der Waals surface area contributed by atoms with Crippen molar-refractivity contribution < 1.29 is 19.2 Å². The van der Waals surface area contributed by atoms with Crippen molar-refractivity contribution in [1.29, 1.82) is 0 Å². The fourth-order valence-electron chi connectivity index (χ4n) is 0.322. The van der Waals surface area contributed by atoms with Crippen LogP contribution in [0.5, 0.6) is 0 Å². The number of carbonyl (C=O) groups is 2. The van der Waals surface area contributed by atoms with Crippen LogP contribution < -0.4 is 4.89 Å². The van der Waals surface area contributed by atoms with Crippen LogP contribution in [0.1, 0.15) is 13.3 Å². The Labute approximate surface area is 69.5 Å². The third kappa shape index (κ3) is 5.68. The van der Waals surface area contributed by atoms with E-state index in [4.69, 9.17) is 0 Å². The number of thiol groups is 1. The Morgan fingerprint density at radius 3 is 2.55 bits per heavy atom. The van der Waals surface area contributed by atoms with E-state index in [0.717, 1.165) is 0 Å². The van der Waals surface area contributed by atoms with Crippen LogP contribution in [0.4, 0.5) is 0 Å². The number of ether oxygens (including phenoxy) is 1. The van der Waals surface area contributed by atoms with Crippen LogP contribution in [0.15, 0.2) is 0 Å². The molecule has 0 amide bonds. The van der Waals surface area contributed by atoms with E-state index in [0.29, 0.717) is 0 Å². The molecule has 0 aliphatic heterocycles. The Kier molecular flexibility index (Phi) is 5.58. The highest BCUT2D eigenvalue weighted by atomic mass is 32.1. The summed E-state index contributed by atoms with van der Waals surface area (Å²) in [6.07, 6.45) is 0.238. The molecule has 6 heteroatoms. The molecule has 64 valence electrons. The number of hydrogen-bond acceptors (Lipinski definition) is 6. The molecule has 5 nitrogen and oxygen atoms in total. The Balaban J connectivity index is 3.38. The van der Waals surface area contributed by atoms with E-state index >= 15 is 0 Å². The van der Waals surface area contributed by atoms with Gasteiger partial charge in [0.2, 0.25) is 0 Å². The molecule has 0 unspecified atom stereocenters. The van der Waals surface area contributed by atoms with Gasteiger partial charge in [-0.1, -0.05) is 24.6 Å². The van der Waals surface area contributed by atoms with Gasteiger partial charge in [-0.05, 0) is 0 Å². The Morgan fingerprint density at radius 1 is 1.45 bits per heavy atom. The SMILES string of the molecule is CCC(=O)OCC(=O)ONS. The molecule has 0 aliphatic rings. The van der Waals surface area contributed by atoms with E-state index in [2.05, 4.69) is 22.4 Å². The van der Waals surface area contributed by atoms with Gasteiger partial charge in [0, 0.05) is 6.42 Å². The van der Waals surface area contributed by atoms with Crippen LogP contribution in [0.25, 0.3) is 0 Å². The Bertz CT molecular complexity index is 149. The van der Waals surface area contributed by atoms with Gasteiger partial charge < -0.3 is 9.57 Å². The third-order valence-electron chi connectivity index (χ3n) is 0.799. The van der Waals surface area contributed by atoms with Gasteiger partial charge in [0.1, 0.15) is 0 Å². The molecule has 0 aliphatic carbocycles. The molecule has 0 spiro atoms. The van der Waals surface area contributed by atoms with E-state index in [1.807, 2.05) is 4.89 Å². The molecular weight excluding hydrogens is 170 g/mol. The Morgan fingerprint density at radius 2 is 2.09 bits per heavy atom. The molecule has 0 aromatic carbocycles. The molecule has 0 aromatic heterocycles. The van der Waals surface area contributed by atoms with Crippen LogP contribution in [0.2, 0.25) is 0 Å². The van der Waals surface area contributed by atoms with Crippen molar-refractivity contribution in [3.63, 3.8) is 0 Å². The molecule has 0 bridgehead atoms. The number of rotatable bonds is 4. The van der Waals surface area contributed by atoms with Gasteiger partial charge in [0.25, 0.3) is 0 Å². The normalized spacial score (nSPS) is 8.91. The number of nitrogens with one attached hydrogen (secondary N) is 1. The summed E-state index contributed by atoms with van der Waals surface area (Å²) in [5, 5.41) is 0. The molecule has 0 rings (SSSR count). The molecular formula is C5H9NO4S. The highest BCUT2D eigenvalue weighted by molar-refractivity contribution is 7.77. The second-order valence-corrected chi connectivity index (χ2v) is 1.76. The van der Waals surface area contributed by atoms with E-state index in [-0.39, 0.29) is 13.0 Å². The van der Waals surface area contributed by atoms with E-state index in [1.54, 1.807) is 6.92 Å². The van der Waals surface area contributed by atoms with E-state index in [1.165, 1.54) is 0 Å². The standard InChI is InChI=1S/C5H9NO4S/c1-2-4(7)9-3-5(8)10-6-11/h6,11H,2-3H2,1H3. The lowest BCUT2D eigenvalue weighted by atomic mass is 10.5. The molecule has 0 atom stereocenters. The predicted octanol–water partition coefficient (Wildman–Crippen LogP) is -0.168. The summed E-state index contributed by atoms with van der Waals surface area (Å²) >= 11 is 3.39. The van der Waals surface area contributed by atoms with Crippen molar-refractivity contribution in [1.82, 2.24) is 4.89 Å². The largest absolute Gasteiger partial charge is 0.454 e. The molecule has 0 saturated carbocycles. The zero-order valence-corrected chi connectivity index (χ0v) is 6.89. The smallest absolute Gasteiger partial charge is 0.363 e. The second-order valence-electron chi connectivity index (χ2n) is 1.58. The van der Waals surface area contributed by atoms with Gasteiger partial charge in [0.05, 0.1) is 0 Å². The summed E-state index contributed by atoms with van der Waals surface area (Å²) in [5.41, 5.74) is 0. The maximum absolute atomic E-state index is 10.5. The molecule has 11 heavy (non-hydrogen) atoms. The van der Waals surface area contributed by atoms with Crippen LogP contribution in [0, 0.1) is 0 Å². The first-order chi connectivity index (χ1) is 5.20. The average molecular weight is 179 g/mol. The Hall–Kier alpha value is -0.750. The molecule has 0 saturated heterocycles. The van der Waals surface area contributed by atoms with Crippen LogP contribution in [-0.2, 0) is 19.2 Å². The lowest BCUT2D eigenvalue weighted by molar-refractivity contribution is -0.160. The highest BCUT2D eigenvalue weighted by Crippen LogP contribution is 1.85. The zero-order valence-electron chi connectivity index (χ0n) is 5.99. The van der Waals surface area contributed by atoms with Crippen LogP contribution in [-0.4, -0.2) is 18.5 Å². The number of esters is 1. The first kappa shape index (κ1) is 10.2. The van der Waals surface area contributed by atoms with Crippen LogP contribution in [0.3, 0.4) is 0 Å². The van der Waals surface area contributed by atoms with Crippen molar-refractivity contribution in [2.75, 3.05) is 6.61 Å². The minimum atomic E-state index is -0.693. The summed E-state index contributed by atoms with van der Waals surface area (Å²) in [6.45, 7) is 1.24. The average Bonchev–Trinajstić information content (AvgIpc) is 2.01. The van der Waals surface area contributed by atoms with Crippen molar-refractivity contribution in [3.8, 4) is 0 Å². The lowest BCUT2D eigenvalue weighted by Crippen LogP contribution is -2.19. The van der Waals surface area contributed by atoms with Crippen molar-refractivity contribution in [3.05, 3.63) is 0 Å². The highest BCUT2D eigenvalue weighted by Gasteiger charge is 2.05. The van der Waals surface area contributed by atoms with Gasteiger partial charge in [-0.15, -0.1) is 0 Å². The zero-order chi connectivity index (χ0) is 8.69. The summed E-state index contributed by atoms with van der Waals surface area (Å²) in [5.74, 6) is -1.14. The lowest BCUT2D eigenvalue weighted by Gasteiger charge is -2.01. The minimum absolute atomic E-state index is 0.238. The first-order valence-corrected chi connectivity index (χ1v) is 3.39. The molecule has 0 radical (unpaired) electrons. The maximum Gasteiger partial charge on any atom is 0.363 e. The van der Waals surface area contributed by atoms with Gasteiger partial charge in [-0.3, -0.25) is 4.79 Å². The van der Waals surface area contributed by atoms with Crippen molar-refractivity contribution in [2.24, 2.45) is 0 Å². The first-order valence-electron chi connectivity index (χ1n) is 2.95. The third-order valence-corrected chi connectivity index (χ3v) is 0.890. The predicted molar refractivity (Wildman–Crippen MR) is 39.5 cm³/mol. The minimum Gasteiger partial charge on any atom is -0.454 e. The fourth-order valence-corrected chi connectivity index (χ4v) is 0.424. The summed E-state index contributed by atoms with van der Waals surface area (Å²) in [6, 6.07) is 0. The molecule has 1 N–H and O–H groups in total. The van der Waals surface area contributed by atoms with E-state index in [9.17, 15) is 9.59 Å². The molecule has 0 heterocycles. The summed E-state index contributed by atoms with van der Waals surface area (Å²) in [4.78, 5) is 26.9. The topological polar surface area (TPSA) is 64.6 Å². The van der Waals surface area contributed by atoms with Gasteiger partial charge in [-0.25, -0.2) is 4.79 Å². The fraction of sp³-hybridized carbons (Fsp3) is 0.600. The van der Waals surface area contributed by atoms with Crippen molar-refractivity contribution >= 4 is 24.8 Å². The van der Waals surface area contributed by atoms with Gasteiger partial charge in [-0.2, -0.15) is 0 Å². The van der Waals surface area contributed by atoms with Crippen molar-refractivity contribution in [2.45, 2.75) is 13.3 Å². The van der Waals surface area contributed by atoms with Gasteiger partial charge >= 0.3 is 11.9 Å². The second kappa shape index (κ2) is 5.99. The van der Waals surface area contributed by atoms with E-state index < -0.39 is 11.9 Å². The molecule has 0 aromatic rings. The monoisotopic (exact) mass is 179 g/mol. The summed E-state index contributed by atoms with van der Waals surface area (Å²) < 4.78 is 4.42. The maximum atomic E-state index is 10.5. The number of carbonyl (C=O) groups excluding carboxylic acids is 2.